The molecule has 0 saturated carbocycles. The van der Waals surface area contributed by atoms with E-state index in [9.17, 15) is 0 Å². The summed E-state index contributed by atoms with van der Waals surface area (Å²) in [5.74, 6) is 1.04. The molecule has 0 amide bonds. The minimum Gasteiger partial charge on any atom is -0.493 e. The third-order valence-electron chi connectivity index (χ3n) is 3.83. The normalized spacial score (nSPS) is 14.7. The van der Waals surface area contributed by atoms with E-state index in [1.165, 1.54) is 22.3 Å². The Morgan fingerprint density at radius 2 is 2.25 bits per heavy atom. The fourth-order valence-electron chi connectivity index (χ4n) is 2.81. The highest BCUT2D eigenvalue weighted by Crippen LogP contribution is 2.31. The number of nitrogens with zero attached hydrogens (tertiary/aromatic N) is 1. The van der Waals surface area contributed by atoms with Gasteiger partial charge < -0.3 is 10.1 Å². The molecule has 1 N–H and O–H groups in total. The first-order valence-corrected chi connectivity index (χ1v) is 7.19. The van der Waals surface area contributed by atoms with Crippen molar-refractivity contribution in [2.45, 2.75) is 26.3 Å². The topological polar surface area (TPSA) is 34.1 Å². The van der Waals surface area contributed by atoms with Crippen LogP contribution in [0.5, 0.6) is 5.75 Å². The number of pyridine rings is 1. The summed E-state index contributed by atoms with van der Waals surface area (Å²) in [6.45, 7) is 5.99. The Bertz CT molecular complexity index is 610. The molecule has 3 heteroatoms. The minimum atomic E-state index is 0.217. The number of hydrogen-bond acceptors (Lipinski definition) is 3. The van der Waals surface area contributed by atoms with Crippen LogP contribution in [0.2, 0.25) is 0 Å². The van der Waals surface area contributed by atoms with Gasteiger partial charge in [0.2, 0.25) is 0 Å². The molecule has 1 aliphatic rings. The largest absolute Gasteiger partial charge is 0.493 e. The lowest BCUT2D eigenvalue weighted by molar-refractivity contribution is 0.357. The number of hydrogen-bond donors (Lipinski definition) is 1. The second-order valence-corrected chi connectivity index (χ2v) is 5.19. The molecule has 1 aromatic carbocycles. The lowest BCUT2D eigenvalue weighted by Crippen LogP contribution is -2.23. The number of rotatable bonds is 4. The highest BCUT2D eigenvalue weighted by atomic mass is 16.5. The molecule has 0 saturated heterocycles. The van der Waals surface area contributed by atoms with E-state index in [4.69, 9.17) is 4.74 Å². The summed E-state index contributed by atoms with van der Waals surface area (Å²) in [5, 5.41) is 3.58. The van der Waals surface area contributed by atoms with Gasteiger partial charge in [-0.05, 0) is 47.9 Å². The maximum atomic E-state index is 5.59. The Hall–Kier alpha value is -1.87. The van der Waals surface area contributed by atoms with Crippen LogP contribution in [-0.4, -0.2) is 18.1 Å². The summed E-state index contributed by atoms with van der Waals surface area (Å²) in [6.07, 6.45) is 4.80. The molecule has 0 bridgehead atoms. The summed E-state index contributed by atoms with van der Waals surface area (Å²) in [5.41, 5.74) is 5.12. The molecule has 1 unspecified atom stereocenters. The van der Waals surface area contributed by atoms with Crippen molar-refractivity contribution in [1.29, 1.82) is 0 Å². The number of benzene rings is 1. The Kier molecular flexibility index (Phi) is 3.70. The Morgan fingerprint density at radius 3 is 3.05 bits per heavy atom. The van der Waals surface area contributed by atoms with E-state index in [2.05, 4.69) is 48.4 Å². The molecule has 0 spiro atoms. The first kappa shape index (κ1) is 13.1. The highest BCUT2D eigenvalue weighted by Gasteiger charge is 2.18. The Morgan fingerprint density at radius 1 is 1.35 bits per heavy atom. The van der Waals surface area contributed by atoms with Crippen molar-refractivity contribution >= 4 is 0 Å². The highest BCUT2D eigenvalue weighted by molar-refractivity contribution is 5.44. The molecule has 104 valence electrons. The fraction of sp³-hybridized carbons (Fsp3) is 0.353. The van der Waals surface area contributed by atoms with E-state index in [0.717, 1.165) is 25.3 Å². The van der Waals surface area contributed by atoms with Gasteiger partial charge in [0.05, 0.1) is 12.6 Å². The van der Waals surface area contributed by atoms with Crippen molar-refractivity contribution in [3.8, 4) is 5.75 Å². The fourth-order valence-corrected chi connectivity index (χ4v) is 2.81. The van der Waals surface area contributed by atoms with Crippen molar-refractivity contribution in [2.75, 3.05) is 13.2 Å². The summed E-state index contributed by atoms with van der Waals surface area (Å²) in [4.78, 5) is 4.19. The van der Waals surface area contributed by atoms with Gasteiger partial charge in [-0.3, -0.25) is 4.98 Å². The lowest BCUT2D eigenvalue weighted by Gasteiger charge is -2.21. The lowest BCUT2D eigenvalue weighted by atomic mass is 9.94. The number of nitrogens with one attached hydrogen (secondary N) is 1. The van der Waals surface area contributed by atoms with Crippen LogP contribution in [0.15, 0.2) is 36.7 Å². The molecule has 3 rings (SSSR count). The molecule has 1 aliphatic heterocycles. The molecule has 2 heterocycles. The van der Waals surface area contributed by atoms with Crippen LogP contribution in [0.1, 0.15) is 35.2 Å². The Balaban J connectivity index is 2.01. The maximum absolute atomic E-state index is 5.59. The first-order valence-electron chi connectivity index (χ1n) is 7.19. The predicted molar refractivity (Wildman–Crippen MR) is 80.1 cm³/mol. The van der Waals surface area contributed by atoms with Gasteiger partial charge in [-0.15, -0.1) is 0 Å². The molecule has 1 atom stereocenters. The van der Waals surface area contributed by atoms with Crippen LogP contribution in [0.25, 0.3) is 0 Å². The molecule has 1 aromatic heterocycles. The van der Waals surface area contributed by atoms with Crippen LogP contribution in [0.4, 0.5) is 0 Å². The summed E-state index contributed by atoms with van der Waals surface area (Å²) in [7, 11) is 0. The van der Waals surface area contributed by atoms with Crippen molar-refractivity contribution in [2.24, 2.45) is 0 Å². The number of fused-ring (bicyclic) bond motifs is 1. The average molecular weight is 268 g/mol. The minimum absolute atomic E-state index is 0.217. The maximum Gasteiger partial charge on any atom is 0.122 e. The third-order valence-corrected chi connectivity index (χ3v) is 3.83. The zero-order valence-corrected chi connectivity index (χ0v) is 12.0. The van der Waals surface area contributed by atoms with Crippen LogP contribution in [0.3, 0.4) is 0 Å². The summed E-state index contributed by atoms with van der Waals surface area (Å²) in [6, 6.07) is 8.85. The molecular formula is C17H20N2O. The van der Waals surface area contributed by atoms with Crippen molar-refractivity contribution in [3.05, 3.63) is 58.9 Å². The molecular weight excluding hydrogens is 248 g/mol. The number of aryl methyl sites for hydroxylation is 1. The van der Waals surface area contributed by atoms with E-state index in [-0.39, 0.29) is 6.04 Å². The zero-order chi connectivity index (χ0) is 13.9. The molecule has 0 aliphatic carbocycles. The van der Waals surface area contributed by atoms with Crippen LogP contribution in [0, 0.1) is 6.92 Å². The summed E-state index contributed by atoms with van der Waals surface area (Å²) >= 11 is 0. The molecule has 0 radical (unpaired) electrons. The third kappa shape index (κ3) is 2.41. The van der Waals surface area contributed by atoms with Crippen molar-refractivity contribution in [3.63, 3.8) is 0 Å². The quantitative estimate of drug-likeness (QED) is 0.925. The van der Waals surface area contributed by atoms with Gasteiger partial charge in [0.15, 0.2) is 0 Å². The molecule has 20 heavy (non-hydrogen) atoms. The van der Waals surface area contributed by atoms with E-state index in [0.29, 0.717) is 0 Å². The van der Waals surface area contributed by atoms with Gasteiger partial charge in [-0.2, -0.15) is 0 Å². The predicted octanol–water partition coefficient (Wildman–Crippen LogP) is 3.02. The van der Waals surface area contributed by atoms with Crippen LogP contribution >= 0.6 is 0 Å². The van der Waals surface area contributed by atoms with Crippen LogP contribution in [-0.2, 0) is 6.42 Å². The zero-order valence-electron chi connectivity index (χ0n) is 12.0. The number of ether oxygens (including phenoxy) is 1. The van der Waals surface area contributed by atoms with Gasteiger partial charge >= 0.3 is 0 Å². The monoisotopic (exact) mass is 268 g/mol. The van der Waals surface area contributed by atoms with E-state index >= 15 is 0 Å². The van der Waals surface area contributed by atoms with Crippen molar-refractivity contribution < 1.29 is 4.74 Å². The first-order chi connectivity index (χ1) is 9.79. The van der Waals surface area contributed by atoms with Gasteiger partial charge in [0, 0.05) is 18.8 Å². The molecule has 3 nitrogen and oxygen atoms in total. The average Bonchev–Trinajstić information content (AvgIpc) is 2.93. The SMILES string of the molecule is CCNC(c1ccc2c(c1)CCO2)c1ccncc1C. The molecule has 0 fully saturated rings. The van der Waals surface area contributed by atoms with Gasteiger partial charge in [0.1, 0.15) is 5.75 Å². The van der Waals surface area contributed by atoms with Gasteiger partial charge in [-0.25, -0.2) is 0 Å². The number of aromatic nitrogens is 1. The van der Waals surface area contributed by atoms with E-state index < -0.39 is 0 Å². The van der Waals surface area contributed by atoms with Gasteiger partial charge in [0.25, 0.3) is 0 Å². The second kappa shape index (κ2) is 5.63. The van der Waals surface area contributed by atoms with E-state index in [1.807, 2.05) is 12.4 Å². The molecule has 2 aromatic rings. The van der Waals surface area contributed by atoms with Crippen molar-refractivity contribution in [1.82, 2.24) is 10.3 Å². The van der Waals surface area contributed by atoms with E-state index in [1.54, 1.807) is 0 Å². The summed E-state index contributed by atoms with van der Waals surface area (Å²) < 4.78 is 5.59. The smallest absolute Gasteiger partial charge is 0.122 e. The standard InChI is InChI=1S/C17H20N2O/c1-3-19-17(15-6-8-18-11-12(15)2)14-4-5-16-13(10-14)7-9-20-16/h4-6,8,10-11,17,19H,3,7,9H2,1-2H3. The Labute approximate surface area is 120 Å². The second-order valence-electron chi connectivity index (χ2n) is 5.19. The van der Waals surface area contributed by atoms with Crippen LogP contribution < -0.4 is 10.1 Å². The van der Waals surface area contributed by atoms with Gasteiger partial charge in [-0.1, -0.05) is 19.1 Å².